The fraction of sp³-hybridized carbons (Fsp3) is 0.562. The van der Waals surface area contributed by atoms with E-state index in [-0.39, 0.29) is 22.3 Å². The van der Waals surface area contributed by atoms with Gasteiger partial charge in [0.25, 0.3) is 0 Å². The van der Waals surface area contributed by atoms with Crippen LogP contribution < -0.4 is 5.73 Å². The van der Waals surface area contributed by atoms with Crippen LogP contribution in [0.3, 0.4) is 0 Å². The highest BCUT2D eigenvalue weighted by molar-refractivity contribution is 7.89. The molecule has 0 unspecified atom stereocenters. The second-order valence-corrected chi connectivity index (χ2v) is 10.1. The van der Waals surface area contributed by atoms with Gasteiger partial charge in [-0.3, -0.25) is 4.79 Å². The molecule has 0 heterocycles. The highest BCUT2D eigenvalue weighted by Crippen LogP contribution is 2.21. The second-order valence-electron chi connectivity index (χ2n) is 6.22. The fourth-order valence-electron chi connectivity index (χ4n) is 2.47. The molecule has 1 aromatic carbocycles. The lowest BCUT2D eigenvalue weighted by atomic mass is 10.2. The van der Waals surface area contributed by atoms with E-state index < -0.39 is 32.5 Å². The van der Waals surface area contributed by atoms with Gasteiger partial charge in [0.2, 0.25) is 26.0 Å². The van der Waals surface area contributed by atoms with E-state index in [4.69, 9.17) is 5.73 Å². The minimum absolute atomic E-state index is 0.00792. The van der Waals surface area contributed by atoms with Crippen LogP contribution in [-0.2, 0) is 24.8 Å². The molecule has 1 amide bonds. The Bertz CT molecular complexity index is 814. The third kappa shape index (κ3) is 5.26. The molecular formula is C16H27N3O5S2. The Balaban J connectivity index is 3.25. The van der Waals surface area contributed by atoms with Crippen LogP contribution >= 0.6 is 0 Å². The summed E-state index contributed by atoms with van der Waals surface area (Å²) in [6.07, 6.45) is 0. The maximum absolute atomic E-state index is 12.8. The number of primary amides is 1. The zero-order chi connectivity index (χ0) is 20.1. The van der Waals surface area contributed by atoms with Crippen LogP contribution in [-0.4, -0.2) is 57.5 Å². The minimum atomic E-state index is -3.96. The number of rotatable bonds is 10. The van der Waals surface area contributed by atoms with Crippen molar-refractivity contribution in [2.45, 2.75) is 37.5 Å². The van der Waals surface area contributed by atoms with E-state index in [0.717, 1.165) is 4.31 Å². The predicted octanol–water partition coefficient (Wildman–Crippen LogP) is 0.849. The van der Waals surface area contributed by atoms with Crippen molar-refractivity contribution < 1.29 is 21.6 Å². The zero-order valence-corrected chi connectivity index (χ0v) is 17.2. The number of nitrogens with zero attached hydrogens (tertiary/aromatic N) is 2. The third-order valence-electron chi connectivity index (χ3n) is 3.71. The summed E-state index contributed by atoms with van der Waals surface area (Å²) in [5.41, 5.74) is 5.16. The van der Waals surface area contributed by atoms with Crippen molar-refractivity contribution in [3.63, 3.8) is 0 Å². The summed E-state index contributed by atoms with van der Waals surface area (Å²) in [6, 6.07) is 5.00. The molecule has 2 N–H and O–H groups in total. The summed E-state index contributed by atoms with van der Waals surface area (Å²) in [6.45, 7) is 7.44. The molecule has 0 aliphatic rings. The summed E-state index contributed by atoms with van der Waals surface area (Å²) in [7, 11) is -7.63. The Morgan fingerprint density at radius 1 is 0.923 bits per heavy atom. The van der Waals surface area contributed by atoms with Crippen molar-refractivity contribution in [3.05, 3.63) is 24.3 Å². The number of hydrogen-bond donors (Lipinski definition) is 1. The SMILES string of the molecule is CCN(CC)S(=O)(=O)c1ccc(S(=O)(=O)N(CC(N)=O)CC(C)C)cc1. The van der Waals surface area contributed by atoms with Crippen molar-refractivity contribution in [1.82, 2.24) is 8.61 Å². The number of hydrogen-bond acceptors (Lipinski definition) is 5. The van der Waals surface area contributed by atoms with Crippen LogP contribution in [0.2, 0.25) is 0 Å². The van der Waals surface area contributed by atoms with Crippen LogP contribution in [0.25, 0.3) is 0 Å². The molecule has 0 radical (unpaired) electrons. The number of carbonyl (C=O) groups excluding carboxylic acids is 1. The molecular weight excluding hydrogens is 378 g/mol. The molecule has 0 aliphatic carbocycles. The van der Waals surface area contributed by atoms with Gasteiger partial charge in [0.15, 0.2) is 0 Å². The van der Waals surface area contributed by atoms with Gasteiger partial charge in [0, 0.05) is 19.6 Å². The molecule has 0 saturated heterocycles. The Morgan fingerprint density at radius 2 is 1.31 bits per heavy atom. The van der Waals surface area contributed by atoms with Gasteiger partial charge >= 0.3 is 0 Å². The first kappa shape index (κ1) is 22.6. The molecule has 1 rings (SSSR count). The lowest BCUT2D eigenvalue weighted by molar-refractivity contribution is -0.118. The largest absolute Gasteiger partial charge is 0.369 e. The molecule has 0 spiro atoms. The van der Waals surface area contributed by atoms with Crippen LogP contribution in [0, 0.1) is 5.92 Å². The Hall–Kier alpha value is -1.49. The molecule has 0 aliphatic heterocycles. The van der Waals surface area contributed by atoms with Crippen molar-refractivity contribution in [2.24, 2.45) is 11.7 Å². The average molecular weight is 406 g/mol. The van der Waals surface area contributed by atoms with Gasteiger partial charge < -0.3 is 5.73 Å². The normalized spacial score (nSPS) is 12.9. The van der Waals surface area contributed by atoms with Gasteiger partial charge in [-0.1, -0.05) is 27.7 Å². The Kier molecular flexibility index (Phi) is 7.75. The average Bonchev–Trinajstić information content (AvgIpc) is 2.54. The Morgan fingerprint density at radius 3 is 1.62 bits per heavy atom. The highest BCUT2D eigenvalue weighted by Gasteiger charge is 2.28. The zero-order valence-electron chi connectivity index (χ0n) is 15.5. The maximum atomic E-state index is 12.8. The van der Waals surface area contributed by atoms with Gasteiger partial charge in [0.05, 0.1) is 16.3 Å². The van der Waals surface area contributed by atoms with Crippen LogP contribution in [0.4, 0.5) is 0 Å². The second kappa shape index (κ2) is 8.94. The van der Waals surface area contributed by atoms with Crippen LogP contribution in [0.1, 0.15) is 27.7 Å². The first-order chi connectivity index (χ1) is 12.0. The molecule has 1 aromatic rings. The monoisotopic (exact) mass is 405 g/mol. The Labute approximate surface area is 156 Å². The van der Waals surface area contributed by atoms with Gasteiger partial charge in [-0.15, -0.1) is 0 Å². The van der Waals surface area contributed by atoms with E-state index in [1.165, 1.54) is 28.6 Å². The van der Waals surface area contributed by atoms with E-state index >= 15 is 0 Å². The quantitative estimate of drug-likeness (QED) is 0.619. The molecule has 0 atom stereocenters. The lowest BCUT2D eigenvalue weighted by Gasteiger charge is -2.23. The van der Waals surface area contributed by atoms with Gasteiger partial charge in [-0.25, -0.2) is 16.8 Å². The maximum Gasteiger partial charge on any atom is 0.243 e. The van der Waals surface area contributed by atoms with E-state index in [2.05, 4.69) is 0 Å². The molecule has 26 heavy (non-hydrogen) atoms. The summed E-state index contributed by atoms with van der Waals surface area (Å²) >= 11 is 0. The molecule has 0 fully saturated rings. The highest BCUT2D eigenvalue weighted by atomic mass is 32.2. The van der Waals surface area contributed by atoms with Gasteiger partial charge in [-0.05, 0) is 30.2 Å². The minimum Gasteiger partial charge on any atom is -0.369 e. The molecule has 0 bridgehead atoms. The molecule has 148 valence electrons. The standard InChI is InChI=1S/C16H27N3O5S2/c1-5-18(6-2)25(21,22)14-7-9-15(10-8-14)26(23,24)19(11-13(3)4)12-16(17)20/h7-10,13H,5-6,11-12H2,1-4H3,(H2,17,20). The van der Waals surface area contributed by atoms with E-state index in [0.29, 0.717) is 13.1 Å². The lowest BCUT2D eigenvalue weighted by Crippen LogP contribution is -2.40. The molecule has 0 saturated carbocycles. The first-order valence-corrected chi connectivity index (χ1v) is 11.2. The smallest absolute Gasteiger partial charge is 0.243 e. The van der Waals surface area contributed by atoms with E-state index in [1.54, 1.807) is 13.8 Å². The summed E-state index contributed by atoms with van der Waals surface area (Å²) in [5, 5.41) is 0. The number of amides is 1. The summed E-state index contributed by atoms with van der Waals surface area (Å²) in [5.74, 6) is -0.763. The van der Waals surface area contributed by atoms with Crippen LogP contribution in [0.15, 0.2) is 34.1 Å². The van der Waals surface area contributed by atoms with Gasteiger partial charge in [0.1, 0.15) is 0 Å². The number of carbonyl (C=O) groups is 1. The molecule has 8 nitrogen and oxygen atoms in total. The summed E-state index contributed by atoms with van der Waals surface area (Å²) in [4.78, 5) is 11.2. The van der Waals surface area contributed by atoms with E-state index in [1.807, 2.05) is 13.8 Å². The van der Waals surface area contributed by atoms with Gasteiger partial charge in [-0.2, -0.15) is 8.61 Å². The predicted molar refractivity (Wildman–Crippen MR) is 99.3 cm³/mol. The van der Waals surface area contributed by atoms with Crippen molar-refractivity contribution in [3.8, 4) is 0 Å². The van der Waals surface area contributed by atoms with Crippen LogP contribution in [0.5, 0.6) is 0 Å². The van der Waals surface area contributed by atoms with Crippen molar-refractivity contribution >= 4 is 26.0 Å². The number of nitrogens with two attached hydrogens (primary N) is 1. The molecule has 0 aromatic heterocycles. The topological polar surface area (TPSA) is 118 Å². The fourth-order valence-corrected chi connectivity index (χ4v) is 5.50. The van der Waals surface area contributed by atoms with Crippen molar-refractivity contribution in [2.75, 3.05) is 26.2 Å². The van der Waals surface area contributed by atoms with Crippen molar-refractivity contribution in [1.29, 1.82) is 0 Å². The van der Waals surface area contributed by atoms with E-state index in [9.17, 15) is 21.6 Å². The number of sulfonamides is 2. The molecule has 10 heteroatoms. The first-order valence-electron chi connectivity index (χ1n) is 8.35. The number of benzene rings is 1. The third-order valence-corrected chi connectivity index (χ3v) is 7.60. The summed E-state index contributed by atoms with van der Waals surface area (Å²) < 4.78 is 52.8.